The molecule has 0 saturated carbocycles. The van der Waals surface area contributed by atoms with Gasteiger partial charge in [0, 0.05) is 62.0 Å². The molecule has 0 radical (unpaired) electrons. The maximum atomic E-state index is 12.7. The van der Waals surface area contributed by atoms with Crippen molar-refractivity contribution < 1.29 is 14.3 Å². The molecule has 1 aliphatic heterocycles. The second-order valence-electron chi connectivity index (χ2n) is 9.20. The van der Waals surface area contributed by atoms with Crippen molar-refractivity contribution in [3.8, 4) is 0 Å². The van der Waals surface area contributed by atoms with E-state index in [1.165, 1.54) is 0 Å². The number of urea groups is 1. The van der Waals surface area contributed by atoms with Gasteiger partial charge in [0.2, 0.25) is 0 Å². The van der Waals surface area contributed by atoms with Crippen LogP contribution in [0.4, 0.5) is 10.5 Å². The molecule has 186 valence electrons. The van der Waals surface area contributed by atoms with E-state index in [1.54, 1.807) is 42.7 Å². The molecule has 1 aromatic carbocycles. The van der Waals surface area contributed by atoms with Crippen molar-refractivity contribution in [1.29, 1.82) is 0 Å². The first-order valence-electron chi connectivity index (χ1n) is 11.7. The molecule has 1 atom stereocenters. The summed E-state index contributed by atoms with van der Waals surface area (Å²) in [6, 6.07) is 11.1. The van der Waals surface area contributed by atoms with Crippen molar-refractivity contribution >= 4 is 29.0 Å². The summed E-state index contributed by atoms with van der Waals surface area (Å²) in [6.45, 7) is 11.9. The topological polar surface area (TPSA) is 85.9 Å². The molecule has 34 heavy (non-hydrogen) atoms. The summed E-state index contributed by atoms with van der Waals surface area (Å²) in [5.41, 5.74) is 0.764. The lowest BCUT2D eigenvalue weighted by atomic mass is 9.99. The average Bonchev–Trinajstić information content (AvgIpc) is 3.35. The van der Waals surface area contributed by atoms with Gasteiger partial charge in [0.1, 0.15) is 0 Å². The predicted molar refractivity (Wildman–Crippen MR) is 138 cm³/mol. The summed E-state index contributed by atoms with van der Waals surface area (Å²) < 4.78 is 5.51. The van der Waals surface area contributed by atoms with Crippen molar-refractivity contribution in [3.05, 3.63) is 52.2 Å². The molecule has 1 aromatic heterocycles. The Morgan fingerprint density at radius 2 is 1.88 bits per heavy atom. The minimum absolute atomic E-state index is 0.175. The van der Waals surface area contributed by atoms with E-state index in [-0.39, 0.29) is 17.5 Å². The smallest absolute Gasteiger partial charge is 0.319 e. The first kappa shape index (κ1) is 26.2. The van der Waals surface area contributed by atoms with E-state index in [0.717, 1.165) is 31.1 Å². The average molecular weight is 488 g/mol. The molecule has 3 N–H and O–H groups in total. The van der Waals surface area contributed by atoms with Gasteiger partial charge < -0.3 is 20.7 Å². The molecule has 1 fully saturated rings. The zero-order valence-corrected chi connectivity index (χ0v) is 21.4. The summed E-state index contributed by atoms with van der Waals surface area (Å²) in [4.78, 5) is 31.1. The zero-order valence-electron chi connectivity index (χ0n) is 20.6. The number of hydrogen-bond acceptors (Lipinski definition) is 6. The highest BCUT2D eigenvalue weighted by Gasteiger charge is 2.35. The fraction of sp³-hybridized carbons (Fsp3) is 0.520. The fourth-order valence-corrected chi connectivity index (χ4v) is 4.85. The number of rotatable bonds is 10. The molecule has 8 nitrogen and oxygen atoms in total. The van der Waals surface area contributed by atoms with Crippen LogP contribution in [0.25, 0.3) is 0 Å². The largest absolute Gasteiger partial charge is 0.383 e. The molecule has 1 saturated heterocycles. The summed E-state index contributed by atoms with van der Waals surface area (Å²) in [6.07, 6.45) is 0. The third kappa shape index (κ3) is 7.27. The molecule has 1 aliphatic rings. The van der Waals surface area contributed by atoms with E-state index in [1.807, 2.05) is 17.5 Å². The molecule has 0 bridgehead atoms. The van der Waals surface area contributed by atoms with Gasteiger partial charge in [-0.15, -0.1) is 11.3 Å². The van der Waals surface area contributed by atoms with Crippen LogP contribution in [0.3, 0.4) is 0 Å². The van der Waals surface area contributed by atoms with Gasteiger partial charge in [-0.2, -0.15) is 0 Å². The number of nitrogens with zero attached hydrogens (tertiary/aromatic N) is 2. The van der Waals surface area contributed by atoms with Crippen molar-refractivity contribution in [2.24, 2.45) is 0 Å². The SMILES string of the molecule is COCC(C)(CNC(=O)Nc1cccc(C(=O)NCc2cccs2)c1)N1CCN(C(C)C)CC1. The molecule has 2 heterocycles. The monoisotopic (exact) mass is 487 g/mol. The molecule has 9 heteroatoms. The molecular formula is C25H37N5O3S. The molecule has 0 spiro atoms. The number of amides is 3. The third-order valence-electron chi connectivity index (χ3n) is 6.28. The Bertz CT molecular complexity index is 928. The van der Waals surface area contributed by atoms with Gasteiger partial charge in [-0.05, 0) is 50.4 Å². The minimum Gasteiger partial charge on any atom is -0.383 e. The first-order chi connectivity index (χ1) is 16.3. The van der Waals surface area contributed by atoms with Crippen LogP contribution < -0.4 is 16.0 Å². The molecule has 0 aliphatic carbocycles. The van der Waals surface area contributed by atoms with E-state index >= 15 is 0 Å². The Balaban J connectivity index is 1.52. The van der Waals surface area contributed by atoms with E-state index < -0.39 is 0 Å². The third-order valence-corrected chi connectivity index (χ3v) is 7.16. The van der Waals surface area contributed by atoms with Crippen LogP contribution in [0.1, 0.15) is 36.0 Å². The van der Waals surface area contributed by atoms with Gasteiger partial charge in [-0.25, -0.2) is 4.79 Å². The highest BCUT2D eigenvalue weighted by Crippen LogP contribution is 2.19. The van der Waals surface area contributed by atoms with Crippen LogP contribution in [0.2, 0.25) is 0 Å². The second kappa shape index (κ2) is 12.3. The van der Waals surface area contributed by atoms with Crippen molar-refractivity contribution in [3.63, 3.8) is 0 Å². The maximum Gasteiger partial charge on any atom is 0.319 e. The number of hydrogen-bond donors (Lipinski definition) is 3. The number of ether oxygens (including phenoxy) is 1. The number of carbonyl (C=O) groups is 2. The molecule has 3 rings (SSSR count). The number of carbonyl (C=O) groups excluding carboxylic acids is 2. The Kier molecular flexibility index (Phi) is 9.46. The lowest BCUT2D eigenvalue weighted by Gasteiger charge is -2.46. The normalized spacial score (nSPS) is 16.7. The van der Waals surface area contributed by atoms with Crippen LogP contribution in [-0.4, -0.2) is 79.8 Å². The minimum atomic E-state index is -0.307. The van der Waals surface area contributed by atoms with Crippen LogP contribution in [-0.2, 0) is 11.3 Å². The van der Waals surface area contributed by atoms with E-state index in [9.17, 15) is 9.59 Å². The van der Waals surface area contributed by atoms with Gasteiger partial charge in [-0.3, -0.25) is 14.6 Å². The quantitative estimate of drug-likeness (QED) is 0.479. The zero-order chi connectivity index (χ0) is 24.6. The first-order valence-corrected chi connectivity index (χ1v) is 12.6. The number of thiophene rings is 1. The Morgan fingerprint density at radius 1 is 1.12 bits per heavy atom. The van der Waals surface area contributed by atoms with Gasteiger partial charge in [0.15, 0.2) is 0 Å². The van der Waals surface area contributed by atoms with Gasteiger partial charge in [0.25, 0.3) is 5.91 Å². The summed E-state index contributed by atoms with van der Waals surface area (Å²) in [5, 5.41) is 10.7. The van der Waals surface area contributed by atoms with Crippen LogP contribution in [0.15, 0.2) is 41.8 Å². The van der Waals surface area contributed by atoms with Gasteiger partial charge in [-0.1, -0.05) is 12.1 Å². The lowest BCUT2D eigenvalue weighted by Crippen LogP contribution is -2.62. The Hall–Kier alpha value is -2.46. The van der Waals surface area contributed by atoms with Crippen LogP contribution in [0.5, 0.6) is 0 Å². The standard InChI is InChI=1S/C25H37N5O3S/c1-19(2)29-10-12-30(13-11-29)25(3,18-33-4)17-27-24(32)28-21-8-5-7-20(15-21)23(31)26-16-22-9-6-14-34-22/h5-9,14-15,19H,10-13,16-18H2,1-4H3,(H,26,31)(H2,27,28,32). The van der Waals surface area contributed by atoms with E-state index in [2.05, 4.69) is 46.5 Å². The molecule has 1 unspecified atom stereocenters. The highest BCUT2D eigenvalue weighted by atomic mass is 32.1. The maximum absolute atomic E-state index is 12.7. The Morgan fingerprint density at radius 3 is 2.53 bits per heavy atom. The highest BCUT2D eigenvalue weighted by molar-refractivity contribution is 7.09. The van der Waals surface area contributed by atoms with Crippen LogP contribution >= 0.6 is 11.3 Å². The number of methoxy groups -OCH3 is 1. The summed E-state index contributed by atoms with van der Waals surface area (Å²) in [5.74, 6) is -0.175. The van der Waals surface area contributed by atoms with Crippen molar-refractivity contribution in [1.82, 2.24) is 20.4 Å². The summed E-state index contributed by atoms with van der Waals surface area (Å²) >= 11 is 1.60. The molecule has 3 amide bonds. The summed E-state index contributed by atoms with van der Waals surface area (Å²) in [7, 11) is 1.69. The van der Waals surface area contributed by atoms with Crippen molar-refractivity contribution in [2.45, 2.75) is 38.9 Å². The number of anilines is 1. The van der Waals surface area contributed by atoms with E-state index in [0.29, 0.717) is 37.0 Å². The molecule has 2 aromatic rings. The van der Waals surface area contributed by atoms with Crippen molar-refractivity contribution in [2.75, 3.05) is 51.8 Å². The fourth-order valence-electron chi connectivity index (χ4n) is 4.21. The number of nitrogens with one attached hydrogen (secondary N) is 3. The van der Waals surface area contributed by atoms with Crippen LogP contribution in [0, 0.1) is 0 Å². The Labute approximate surface area is 206 Å². The number of benzene rings is 1. The van der Waals surface area contributed by atoms with Gasteiger partial charge in [0.05, 0.1) is 18.7 Å². The molecular weight excluding hydrogens is 450 g/mol. The predicted octanol–water partition coefficient (Wildman–Crippen LogP) is 3.23. The second-order valence-corrected chi connectivity index (χ2v) is 10.2. The lowest BCUT2D eigenvalue weighted by molar-refractivity contribution is -0.0115. The van der Waals surface area contributed by atoms with E-state index in [4.69, 9.17) is 4.74 Å². The van der Waals surface area contributed by atoms with Gasteiger partial charge >= 0.3 is 6.03 Å². The number of piperazine rings is 1.